The highest BCUT2D eigenvalue weighted by atomic mass is 19.4. The molecule has 196 valence electrons. The molecule has 0 saturated carbocycles. The van der Waals surface area contributed by atoms with Crippen LogP contribution < -0.4 is 16.0 Å². The lowest BCUT2D eigenvalue weighted by Gasteiger charge is -2.36. The molecule has 4 rings (SSSR count). The highest BCUT2D eigenvalue weighted by molar-refractivity contribution is 5.97. The number of nitrogens with two attached hydrogens (primary N) is 1. The van der Waals surface area contributed by atoms with Crippen LogP contribution in [0.15, 0.2) is 42.9 Å². The van der Waals surface area contributed by atoms with Gasteiger partial charge in [-0.25, -0.2) is 9.97 Å². The van der Waals surface area contributed by atoms with Gasteiger partial charge >= 0.3 is 6.18 Å². The molecule has 37 heavy (non-hydrogen) atoms. The first-order chi connectivity index (χ1) is 17.5. The summed E-state index contributed by atoms with van der Waals surface area (Å²) in [5, 5.41) is 3.48. The van der Waals surface area contributed by atoms with Gasteiger partial charge in [0.05, 0.1) is 12.1 Å². The fraction of sp³-hybridized carbons (Fsp3) is 0.375. The fourth-order valence-corrected chi connectivity index (χ4v) is 4.27. The second-order valence-corrected chi connectivity index (χ2v) is 8.85. The monoisotopic (exact) mass is 517 g/mol. The maximum absolute atomic E-state index is 12.7. The number of piperidine rings is 1. The summed E-state index contributed by atoms with van der Waals surface area (Å²) in [4.78, 5) is 47.6. The smallest absolute Gasteiger partial charge is 0.366 e. The number of amides is 3. The second-order valence-electron chi connectivity index (χ2n) is 8.85. The number of carbonyl (C=O) groups excluding carboxylic acids is 3. The minimum atomic E-state index is -4.49. The number of benzene rings is 1. The molecule has 0 spiro atoms. The molecule has 1 fully saturated rings. The summed E-state index contributed by atoms with van der Waals surface area (Å²) in [5.74, 6) is -0.970. The average Bonchev–Trinajstić information content (AvgIpc) is 3.28. The number of aromatic nitrogens is 3. The van der Waals surface area contributed by atoms with Crippen molar-refractivity contribution >= 4 is 34.6 Å². The van der Waals surface area contributed by atoms with Crippen molar-refractivity contribution in [2.24, 2.45) is 5.73 Å². The van der Waals surface area contributed by atoms with E-state index in [0.717, 1.165) is 17.8 Å². The van der Waals surface area contributed by atoms with Gasteiger partial charge in [-0.05, 0) is 36.4 Å². The molecule has 0 unspecified atom stereocenters. The zero-order valence-electron chi connectivity index (χ0n) is 20.0. The third-order valence-corrected chi connectivity index (χ3v) is 6.46. The molecule has 0 aliphatic carbocycles. The zero-order valence-corrected chi connectivity index (χ0v) is 20.0. The van der Waals surface area contributed by atoms with Crippen LogP contribution >= 0.6 is 0 Å². The zero-order chi connectivity index (χ0) is 26.7. The number of halogens is 3. The summed E-state index contributed by atoms with van der Waals surface area (Å²) in [6, 6.07) is 6.71. The van der Waals surface area contributed by atoms with Gasteiger partial charge in [0.25, 0.3) is 0 Å². The van der Waals surface area contributed by atoms with Crippen LogP contribution in [0.2, 0.25) is 0 Å². The number of primary amides is 1. The summed E-state index contributed by atoms with van der Waals surface area (Å²) < 4.78 is 39.8. The molecule has 0 bridgehead atoms. The van der Waals surface area contributed by atoms with Gasteiger partial charge in [0.2, 0.25) is 23.7 Å². The highest BCUT2D eigenvalue weighted by Crippen LogP contribution is 2.29. The maximum Gasteiger partial charge on any atom is 0.419 e. The Morgan fingerprint density at radius 3 is 2.43 bits per heavy atom. The number of nitrogens with one attached hydrogen (secondary N) is 1. The van der Waals surface area contributed by atoms with E-state index in [1.54, 1.807) is 45.8 Å². The first-order valence-electron chi connectivity index (χ1n) is 11.6. The van der Waals surface area contributed by atoms with Crippen molar-refractivity contribution < 1.29 is 27.6 Å². The highest BCUT2D eigenvalue weighted by Gasteiger charge is 2.32. The number of hydrogen-bond acceptors (Lipinski definition) is 6. The van der Waals surface area contributed by atoms with E-state index >= 15 is 0 Å². The molecule has 1 aliphatic rings. The third-order valence-electron chi connectivity index (χ3n) is 6.46. The molecule has 3 amide bonds. The minimum absolute atomic E-state index is 0.0335. The van der Waals surface area contributed by atoms with Crippen molar-refractivity contribution in [3.8, 4) is 0 Å². The van der Waals surface area contributed by atoms with Crippen molar-refractivity contribution in [1.29, 1.82) is 0 Å². The molecular formula is C24H26F3N7O3. The van der Waals surface area contributed by atoms with Crippen LogP contribution in [0.25, 0.3) is 10.9 Å². The van der Waals surface area contributed by atoms with Gasteiger partial charge in [-0.3, -0.25) is 14.4 Å². The Balaban J connectivity index is 1.26. The van der Waals surface area contributed by atoms with Crippen LogP contribution in [0.5, 0.6) is 0 Å². The first kappa shape index (κ1) is 25.9. The van der Waals surface area contributed by atoms with E-state index in [-0.39, 0.29) is 36.9 Å². The van der Waals surface area contributed by atoms with Gasteiger partial charge in [-0.2, -0.15) is 13.2 Å². The van der Waals surface area contributed by atoms with Gasteiger partial charge in [-0.15, -0.1) is 0 Å². The molecule has 1 saturated heterocycles. The van der Waals surface area contributed by atoms with Crippen molar-refractivity contribution in [3.63, 3.8) is 0 Å². The summed E-state index contributed by atoms with van der Waals surface area (Å²) in [6.45, 7) is 0.750. The van der Waals surface area contributed by atoms with E-state index in [4.69, 9.17) is 5.73 Å². The van der Waals surface area contributed by atoms with Crippen LogP contribution in [0, 0.1) is 0 Å². The average molecular weight is 518 g/mol. The van der Waals surface area contributed by atoms with E-state index < -0.39 is 17.6 Å². The molecule has 10 nitrogen and oxygen atoms in total. The second kappa shape index (κ2) is 10.4. The number of likely N-dealkylation sites (N-methyl/N-ethyl adjacent to an activating group) is 1. The fourth-order valence-electron chi connectivity index (χ4n) is 4.27. The van der Waals surface area contributed by atoms with Gasteiger partial charge in [-0.1, -0.05) is 6.07 Å². The lowest BCUT2D eigenvalue weighted by Crippen LogP contribution is -2.48. The van der Waals surface area contributed by atoms with Crippen molar-refractivity contribution in [3.05, 3.63) is 54.0 Å². The Labute approximate surface area is 210 Å². The van der Waals surface area contributed by atoms with E-state index in [2.05, 4.69) is 15.3 Å². The van der Waals surface area contributed by atoms with Crippen LogP contribution in [0.1, 0.15) is 28.8 Å². The molecule has 0 radical (unpaired) electrons. The SMILES string of the molecule is CN(C(=O)CNC(=O)Cn1ccc2ccc(C(N)=O)cc21)C1CCN(c2ncc(C(F)(F)F)cn2)CC1. The molecule has 2 aromatic heterocycles. The predicted octanol–water partition coefficient (Wildman–Crippen LogP) is 1.79. The first-order valence-corrected chi connectivity index (χ1v) is 11.6. The van der Waals surface area contributed by atoms with Gasteiger partial charge in [0.1, 0.15) is 6.54 Å². The number of carbonyl (C=O) groups is 3. The quantitative estimate of drug-likeness (QED) is 0.492. The van der Waals surface area contributed by atoms with Crippen molar-refractivity contribution in [2.75, 3.05) is 31.6 Å². The Bertz CT molecular complexity index is 1300. The Kier molecular flexibility index (Phi) is 7.32. The molecule has 0 atom stereocenters. The van der Waals surface area contributed by atoms with Gasteiger partial charge in [0.15, 0.2) is 0 Å². The molecule has 1 aromatic carbocycles. The maximum atomic E-state index is 12.7. The van der Waals surface area contributed by atoms with Crippen molar-refractivity contribution in [1.82, 2.24) is 24.8 Å². The molecule has 13 heteroatoms. The van der Waals surface area contributed by atoms with E-state index in [0.29, 0.717) is 37.0 Å². The molecule has 1 aliphatic heterocycles. The van der Waals surface area contributed by atoms with Crippen LogP contribution in [0.3, 0.4) is 0 Å². The summed E-state index contributed by atoms with van der Waals surface area (Å²) in [5.41, 5.74) is 5.45. The number of nitrogens with zero attached hydrogens (tertiary/aromatic N) is 5. The lowest BCUT2D eigenvalue weighted by molar-refractivity contribution is -0.138. The number of alkyl halides is 3. The van der Waals surface area contributed by atoms with E-state index in [1.807, 2.05) is 6.07 Å². The van der Waals surface area contributed by atoms with Crippen LogP contribution in [0.4, 0.5) is 19.1 Å². The van der Waals surface area contributed by atoms with Crippen molar-refractivity contribution in [2.45, 2.75) is 31.6 Å². The normalized spacial score (nSPS) is 14.5. The molecular weight excluding hydrogens is 491 g/mol. The van der Waals surface area contributed by atoms with E-state index in [9.17, 15) is 27.6 Å². The Morgan fingerprint density at radius 1 is 1.14 bits per heavy atom. The van der Waals surface area contributed by atoms with Crippen LogP contribution in [-0.2, 0) is 22.3 Å². The summed E-state index contributed by atoms with van der Waals surface area (Å²) in [7, 11) is 1.66. The standard InChI is InChI=1S/C24H26F3N7O3/c1-32(18-5-8-33(9-6-18)23-30-11-17(12-31-23)24(25,26)27)21(36)13-29-20(35)14-34-7-4-15-2-3-16(22(28)37)10-19(15)34/h2-4,7,10-12,18H,5-6,8-9,13-14H2,1H3,(H2,28,37)(H,29,35). The summed E-state index contributed by atoms with van der Waals surface area (Å²) in [6.07, 6.45) is -0.0820. The predicted molar refractivity (Wildman–Crippen MR) is 129 cm³/mol. The number of rotatable bonds is 7. The largest absolute Gasteiger partial charge is 0.419 e. The summed E-state index contributed by atoms with van der Waals surface area (Å²) >= 11 is 0. The third kappa shape index (κ3) is 5.98. The number of anilines is 1. The lowest BCUT2D eigenvalue weighted by atomic mass is 10.0. The molecule has 3 heterocycles. The topological polar surface area (TPSA) is 126 Å². The Morgan fingerprint density at radius 2 is 1.81 bits per heavy atom. The van der Waals surface area contributed by atoms with Gasteiger partial charge < -0.3 is 25.4 Å². The molecule has 3 N–H and O–H groups in total. The number of fused-ring (bicyclic) bond motifs is 1. The Hall–Kier alpha value is -4.16. The molecule has 3 aromatic rings. The minimum Gasteiger partial charge on any atom is -0.366 e. The van der Waals surface area contributed by atoms with Crippen LogP contribution in [-0.4, -0.2) is 69.9 Å². The number of hydrogen-bond donors (Lipinski definition) is 2. The van der Waals surface area contributed by atoms with E-state index in [1.165, 1.54) is 0 Å². The van der Waals surface area contributed by atoms with Gasteiger partial charge in [0, 0.05) is 55.8 Å².